The van der Waals surface area contributed by atoms with E-state index < -0.39 is 0 Å². The smallest absolute Gasteiger partial charge is 0.174 e. The Hall–Kier alpha value is -3.98. The lowest BCUT2D eigenvalue weighted by Crippen LogP contribution is -2.05. The SMILES string of the molecule is Cc1ccccc1-c1nn(-c2ccccc2)cc1/C=C(\C#N)c1nnc2n1CCCCC2. The van der Waals surface area contributed by atoms with Crippen LogP contribution in [0.4, 0.5) is 0 Å². The van der Waals surface area contributed by atoms with Crippen molar-refractivity contribution < 1.29 is 0 Å². The monoisotopic (exact) mass is 420 g/mol. The van der Waals surface area contributed by atoms with Gasteiger partial charge in [0.05, 0.1) is 11.3 Å². The number of hydrogen-bond donors (Lipinski definition) is 0. The van der Waals surface area contributed by atoms with Gasteiger partial charge in [-0.15, -0.1) is 10.2 Å². The molecule has 2 aromatic carbocycles. The minimum atomic E-state index is 0.507. The van der Waals surface area contributed by atoms with Crippen molar-refractivity contribution in [3.05, 3.63) is 83.6 Å². The molecule has 158 valence electrons. The van der Waals surface area contributed by atoms with E-state index in [9.17, 15) is 5.26 Å². The lowest BCUT2D eigenvalue weighted by molar-refractivity contribution is 0.627. The summed E-state index contributed by atoms with van der Waals surface area (Å²) < 4.78 is 3.98. The molecule has 32 heavy (non-hydrogen) atoms. The van der Waals surface area contributed by atoms with Gasteiger partial charge in [-0.25, -0.2) is 4.68 Å². The second-order valence-electron chi connectivity index (χ2n) is 8.10. The molecule has 0 aliphatic carbocycles. The number of benzene rings is 2. The number of nitriles is 1. The highest BCUT2D eigenvalue weighted by Gasteiger charge is 2.19. The van der Waals surface area contributed by atoms with E-state index in [1.54, 1.807) is 0 Å². The van der Waals surface area contributed by atoms with Crippen LogP contribution in [0.25, 0.3) is 28.6 Å². The van der Waals surface area contributed by atoms with Gasteiger partial charge >= 0.3 is 0 Å². The molecule has 0 amide bonds. The molecule has 5 rings (SSSR count). The van der Waals surface area contributed by atoms with Gasteiger partial charge in [-0.1, -0.05) is 48.9 Å². The standard InChI is InChI=1S/C26H24N6/c1-19-10-7-8-13-23(19)25-21(18-32(30-25)22-11-4-2-5-12-22)16-20(17-27)26-29-28-24-14-6-3-9-15-31(24)26/h2,4-5,7-8,10-13,16,18H,3,6,9,14-15H2,1H3/b20-16+. The molecular formula is C26H24N6. The van der Waals surface area contributed by atoms with Crippen LogP contribution in [0.3, 0.4) is 0 Å². The van der Waals surface area contributed by atoms with E-state index in [0.29, 0.717) is 11.4 Å². The van der Waals surface area contributed by atoms with Crippen LogP contribution in [0.2, 0.25) is 0 Å². The number of nitrogens with zero attached hydrogens (tertiary/aromatic N) is 6. The summed E-state index contributed by atoms with van der Waals surface area (Å²) in [6, 6.07) is 20.6. The molecule has 0 unspecified atom stereocenters. The molecule has 2 aromatic heterocycles. The third kappa shape index (κ3) is 3.74. The molecule has 6 heteroatoms. The van der Waals surface area contributed by atoms with Crippen LogP contribution in [0.5, 0.6) is 0 Å². The third-order valence-corrected chi connectivity index (χ3v) is 5.93. The minimum Gasteiger partial charge on any atom is -0.310 e. The normalized spacial score (nSPS) is 13.9. The molecule has 1 aliphatic rings. The maximum atomic E-state index is 10.0. The van der Waals surface area contributed by atoms with Crippen molar-refractivity contribution in [3.63, 3.8) is 0 Å². The predicted molar refractivity (Wildman–Crippen MR) is 125 cm³/mol. The lowest BCUT2D eigenvalue weighted by Gasteiger charge is -2.06. The van der Waals surface area contributed by atoms with Crippen LogP contribution in [0, 0.1) is 18.3 Å². The Morgan fingerprint density at radius 3 is 2.62 bits per heavy atom. The molecular weight excluding hydrogens is 396 g/mol. The minimum absolute atomic E-state index is 0.507. The van der Waals surface area contributed by atoms with Crippen LogP contribution in [-0.2, 0) is 13.0 Å². The van der Waals surface area contributed by atoms with Crippen LogP contribution in [0.15, 0.2) is 60.8 Å². The van der Waals surface area contributed by atoms with Crippen LogP contribution in [-0.4, -0.2) is 24.5 Å². The van der Waals surface area contributed by atoms with Crippen LogP contribution in [0.1, 0.15) is 42.0 Å². The van der Waals surface area contributed by atoms with Gasteiger partial charge < -0.3 is 4.57 Å². The fraction of sp³-hybridized carbons (Fsp3) is 0.231. The summed E-state index contributed by atoms with van der Waals surface area (Å²) in [6.07, 6.45) is 8.16. The largest absolute Gasteiger partial charge is 0.310 e. The number of para-hydroxylation sites is 1. The fourth-order valence-electron chi connectivity index (χ4n) is 4.24. The second-order valence-corrected chi connectivity index (χ2v) is 8.10. The Morgan fingerprint density at radius 2 is 1.81 bits per heavy atom. The van der Waals surface area contributed by atoms with Crippen molar-refractivity contribution >= 4 is 11.6 Å². The third-order valence-electron chi connectivity index (χ3n) is 5.93. The van der Waals surface area contributed by atoms with E-state index in [4.69, 9.17) is 5.10 Å². The average Bonchev–Trinajstić information content (AvgIpc) is 3.35. The zero-order chi connectivity index (χ0) is 21.9. The molecule has 0 bridgehead atoms. The van der Waals surface area contributed by atoms with E-state index in [1.165, 1.54) is 6.42 Å². The number of allylic oxidation sites excluding steroid dienone is 1. The maximum absolute atomic E-state index is 10.0. The van der Waals surface area contributed by atoms with Crippen molar-refractivity contribution in [1.82, 2.24) is 24.5 Å². The molecule has 3 heterocycles. The van der Waals surface area contributed by atoms with E-state index in [0.717, 1.165) is 59.7 Å². The highest BCUT2D eigenvalue weighted by molar-refractivity contribution is 5.90. The quantitative estimate of drug-likeness (QED) is 0.424. The first-order chi connectivity index (χ1) is 15.7. The molecule has 6 nitrogen and oxygen atoms in total. The zero-order valence-electron chi connectivity index (χ0n) is 18.1. The fourth-order valence-corrected chi connectivity index (χ4v) is 4.24. The van der Waals surface area contributed by atoms with Crippen molar-refractivity contribution in [2.45, 2.75) is 39.2 Å². The summed E-state index contributed by atoms with van der Waals surface area (Å²) in [6.45, 7) is 2.93. The maximum Gasteiger partial charge on any atom is 0.174 e. The first kappa shape index (κ1) is 20.0. The molecule has 0 saturated carbocycles. The summed E-state index contributed by atoms with van der Waals surface area (Å²) in [5.41, 5.74) is 5.38. The van der Waals surface area contributed by atoms with Gasteiger partial charge in [0, 0.05) is 30.3 Å². The molecule has 0 fully saturated rings. The molecule has 1 aliphatic heterocycles. The molecule has 0 radical (unpaired) electrons. The number of fused-ring (bicyclic) bond motifs is 1. The van der Waals surface area contributed by atoms with Gasteiger partial charge in [0.15, 0.2) is 5.82 Å². The number of rotatable bonds is 4. The van der Waals surface area contributed by atoms with Gasteiger partial charge in [0.25, 0.3) is 0 Å². The lowest BCUT2D eigenvalue weighted by atomic mass is 10.0. The van der Waals surface area contributed by atoms with Crippen molar-refractivity contribution in [1.29, 1.82) is 5.26 Å². The molecule has 0 saturated heterocycles. The molecule has 0 atom stereocenters. The van der Waals surface area contributed by atoms with Crippen LogP contribution >= 0.6 is 0 Å². The first-order valence-electron chi connectivity index (χ1n) is 11.0. The number of aromatic nitrogens is 5. The Morgan fingerprint density at radius 1 is 1.00 bits per heavy atom. The van der Waals surface area contributed by atoms with Crippen molar-refractivity contribution in [3.8, 4) is 23.0 Å². The average molecular weight is 421 g/mol. The first-order valence-corrected chi connectivity index (χ1v) is 11.0. The van der Waals surface area contributed by atoms with Crippen molar-refractivity contribution in [2.24, 2.45) is 0 Å². The zero-order valence-corrected chi connectivity index (χ0v) is 18.1. The van der Waals surface area contributed by atoms with Crippen LogP contribution < -0.4 is 0 Å². The summed E-state index contributed by atoms with van der Waals surface area (Å²) in [7, 11) is 0. The molecule has 4 aromatic rings. The Labute approximate surface area is 187 Å². The van der Waals surface area contributed by atoms with E-state index in [2.05, 4.69) is 39.9 Å². The predicted octanol–water partition coefficient (Wildman–Crippen LogP) is 5.23. The molecule has 0 spiro atoms. The van der Waals surface area contributed by atoms with Gasteiger partial charge in [0.2, 0.25) is 0 Å². The van der Waals surface area contributed by atoms with Crippen molar-refractivity contribution in [2.75, 3.05) is 0 Å². The highest BCUT2D eigenvalue weighted by atomic mass is 15.3. The Bertz CT molecular complexity index is 1320. The number of hydrogen-bond acceptors (Lipinski definition) is 4. The summed E-state index contributed by atoms with van der Waals surface area (Å²) in [5.74, 6) is 1.62. The summed E-state index contributed by atoms with van der Waals surface area (Å²) in [5, 5.41) is 23.7. The van der Waals surface area contributed by atoms with Gasteiger partial charge in [-0.3, -0.25) is 0 Å². The van der Waals surface area contributed by atoms with E-state index in [1.807, 2.05) is 59.4 Å². The van der Waals surface area contributed by atoms with Gasteiger partial charge in [-0.2, -0.15) is 10.4 Å². The summed E-state index contributed by atoms with van der Waals surface area (Å²) >= 11 is 0. The van der Waals surface area contributed by atoms with Gasteiger partial charge in [-0.05, 0) is 43.5 Å². The molecule has 0 N–H and O–H groups in total. The summed E-state index contributed by atoms with van der Waals surface area (Å²) in [4.78, 5) is 0. The highest BCUT2D eigenvalue weighted by Crippen LogP contribution is 2.30. The van der Waals surface area contributed by atoms with Gasteiger partial charge in [0.1, 0.15) is 17.6 Å². The Kier molecular flexibility index (Phi) is 5.39. The Balaban J connectivity index is 1.66. The van der Waals surface area contributed by atoms with E-state index in [-0.39, 0.29) is 0 Å². The second kappa shape index (κ2) is 8.64. The number of aryl methyl sites for hydroxylation is 2. The van der Waals surface area contributed by atoms with E-state index >= 15 is 0 Å². The topological polar surface area (TPSA) is 72.3 Å².